The zero-order valence-electron chi connectivity index (χ0n) is 17.1. The van der Waals surface area contributed by atoms with Crippen molar-refractivity contribution < 1.29 is 17.6 Å². The van der Waals surface area contributed by atoms with Gasteiger partial charge in [0.25, 0.3) is 15.9 Å². The highest BCUT2D eigenvalue weighted by Gasteiger charge is 2.24. The predicted molar refractivity (Wildman–Crippen MR) is 114 cm³/mol. The molecule has 1 fully saturated rings. The number of piperazine rings is 1. The van der Waals surface area contributed by atoms with Crippen molar-refractivity contribution in [1.29, 1.82) is 0 Å². The van der Waals surface area contributed by atoms with Crippen molar-refractivity contribution in [2.45, 2.75) is 18.7 Å². The molecular weight excluding hydrogens is 409 g/mol. The lowest BCUT2D eigenvalue weighted by Gasteiger charge is -2.31. The minimum Gasteiger partial charge on any atom is -0.353 e. The number of nitrogens with zero attached hydrogens (tertiary/aromatic N) is 3. The number of pyridine rings is 1. The van der Waals surface area contributed by atoms with Gasteiger partial charge in [-0.05, 0) is 44.2 Å². The highest BCUT2D eigenvalue weighted by Crippen LogP contribution is 2.25. The van der Waals surface area contributed by atoms with Crippen LogP contribution in [-0.2, 0) is 10.0 Å². The van der Waals surface area contributed by atoms with Crippen molar-refractivity contribution >= 4 is 27.4 Å². The van der Waals surface area contributed by atoms with Gasteiger partial charge in [-0.2, -0.15) is 0 Å². The van der Waals surface area contributed by atoms with Crippen LogP contribution in [0.15, 0.2) is 41.4 Å². The van der Waals surface area contributed by atoms with Crippen LogP contribution in [0.1, 0.15) is 24.2 Å². The van der Waals surface area contributed by atoms with Gasteiger partial charge < -0.3 is 15.1 Å². The Bertz CT molecular complexity index is 988. The number of halogens is 1. The minimum atomic E-state index is -3.95. The molecule has 1 aliphatic rings. The van der Waals surface area contributed by atoms with Gasteiger partial charge in [0.2, 0.25) is 0 Å². The van der Waals surface area contributed by atoms with Gasteiger partial charge in [-0.1, -0.05) is 0 Å². The van der Waals surface area contributed by atoms with E-state index in [9.17, 15) is 17.6 Å². The number of hydrogen-bond acceptors (Lipinski definition) is 6. The lowest BCUT2D eigenvalue weighted by atomic mass is 10.1. The fourth-order valence-electron chi connectivity index (χ4n) is 3.31. The second kappa shape index (κ2) is 9.40. The first-order chi connectivity index (χ1) is 14.4. The summed E-state index contributed by atoms with van der Waals surface area (Å²) in [6.45, 7) is 7.79. The molecule has 1 aliphatic heterocycles. The van der Waals surface area contributed by atoms with Crippen LogP contribution in [0.5, 0.6) is 0 Å². The summed E-state index contributed by atoms with van der Waals surface area (Å²) in [6.07, 6.45) is 1.40. The van der Waals surface area contributed by atoms with Crippen LogP contribution in [0.25, 0.3) is 0 Å². The number of nitrogens with one attached hydrogen (secondary N) is 2. The molecule has 1 amide bonds. The average Bonchev–Trinajstić information content (AvgIpc) is 2.75. The van der Waals surface area contributed by atoms with Crippen molar-refractivity contribution in [2.75, 3.05) is 48.9 Å². The highest BCUT2D eigenvalue weighted by molar-refractivity contribution is 7.92. The number of carbonyl (C=O) groups excluding carboxylic acids is 1. The van der Waals surface area contributed by atoms with E-state index in [-0.39, 0.29) is 16.5 Å². The van der Waals surface area contributed by atoms with Gasteiger partial charge in [0.1, 0.15) is 11.6 Å². The SMILES string of the molecule is CCN(CC)C(=O)c1cc(NS(=O)(=O)c2ccc(F)cc2)cnc1N1CCNCC1. The molecule has 0 radical (unpaired) electrons. The zero-order chi connectivity index (χ0) is 21.7. The lowest BCUT2D eigenvalue weighted by molar-refractivity contribution is 0.0773. The van der Waals surface area contributed by atoms with E-state index >= 15 is 0 Å². The Labute approximate surface area is 176 Å². The summed E-state index contributed by atoms with van der Waals surface area (Å²) in [5.41, 5.74) is 0.522. The third-order valence-corrected chi connectivity index (χ3v) is 6.34. The van der Waals surface area contributed by atoms with Crippen molar-refractivity contribution in [3.05, 3.63) is 47.9 Å². The van der Waals surface area contributed by atoms with Gasteiger partial charge in [-0.3, -0.25) is 9.52 Å². The Morgan fingerprint density at radius 2 is 1.83 bits per heavy atom. The van der Waals surface area contributed by atoms with Crippen LogP contribution < -0.4 is 14.9 Å². The molecule has 162 valence electrons. The first-order valence-corrected chi connectivity index (χ1v) is 11.4. The van der Waals surface area contributed by atoms with Crippen molar-refractivity contribution in [1.82, 2.24) is 15.2 Å². The van der Waals surface area contributed by atoms with E-state index in [4.69, 9.17) is 0 Å². The Balaban J connectivity index is 1.96. The molecule has 0 bridgehead atoms. The average molecular weight is 436 g/mol. The summed E-state index contributed by atoms with van der Waals surface area (Å²) in [6, 6.07) is 6.04. The van der Waals surface area contributed by atoms with Crippen LogP contribution in [-0.4, -0.2) is 63.5 Å². The smallest absolute Gasteiger partial charge is 0.261 e. The topological polar surface area (TPSA) is 94.6 Å². The molecule has 3 rings (SSSR count). The molecule has 0 aliphatic carbocycles. The van der Waals surface area contributed by atoms with E-state index in [2.05, 4.69) is 15.0 Å². The molecule has 2 N–H and O–H groups in total. The monoisotopic (exact) mass is 435 g/mol. The largest absolute Gasteiger partial charge is 0.353 e. The Kier molecular flexibility index (Phi) is 6.88. The van der Waals surface area contributed by atoms with Crippen LogP contribution in [0.3, 0.4) is 0 Å². The van der Waals surface area contributed by atoms with E-state index in [1.807, 2.05) is 18.7 Å². The molecule has 10 heteroatoms. The molecule has 1 aromatic carbocycles. The quantitative estimate of drug-likeness (QED) is 0.690. The third kappa shape index (κ3) is 4.88. The Hall–Kier alpha value is -2.72. The van der Waals surface area contributed by atoms with Gasteiger partial charge in [0.15, 0.2) is 0 Å². The number of sulfonamides is 1. The second-order valence-corrected chi connectivity index (χ2v) is 8.55. The van der Waals surface area contributed by atoms with Crippen LogP contribution in [0.2, 0.25) is 0 Å². The van der Waals surface area contributed by atoms with E-state index in [1.165, 1.54) is 24.4 Å². The number of amides is 1. The standard InChI is InChI=1S/C20H26FN5O3S/c1-3-25(4-2)20(27)18-13-16(14-23-19(18)26-11-9-22-10-12-26)24-30(28,29)17-7-5-15(21)6-8-17/h5-8,13-14,22,24H,3-4,9-12H2,1-2H3. The van der Waals surface area contributed by atoms with Gasteiger partial charge in [0, 0.05) is 39.3 Å². The normalized spacial score (nSPS) is 14.4. The number of benzene rings is 1. The minimum absolute atomic E-state index is 0.0771. The molecule has 1 saturated heterocycles. The number of carbonyl (C=O) groups is 1. The molecular formula is C20H26FN5O3S. The summed E-state index contributed by atoms with van der Waals surface area (Å²) in [5.74, 6) is -0.190. The maximum Gasteiger partial charge on any atom is 0.261 e. The van der Waals surface area contributed by atoms with Crippen molar-refractivity contribution in [3.8, 4) is 0 Å². The first-order valence-electron chi connectivity index (χ1n) is 9.89. The van der Waals surface area contributed by atoms with Gasteiger partial charge in [-0.15, -0.1) is 0 Å². The predicted octanol–water partition coefficient (Wildman–Crippen LogP) is 1.91. The maximum absolute atomic E-state index is 13.1. The first kappa shape index (κ1) is 22.0. The molecule has 0 atom stereocenters. The summed E-state index contributed by atoms with van der Waals surface area (Å²) in [5, 5.41) is 3.26. The summed E-state index contributed by atoms with van der Waals surface area (Å²) in [4.78, 5) is 21.2. The Morgan fingerprint density at radius 1 is 1.20 bits per heavy atom. The van der Waals surface area contributed by atoms with Crippen molar-refractivity contribution in [3.63, 3.8) is 0 Å². The summed E-state index contributed by atoms with van der Waals surface area (Å²) in [7, 11) is -3.95. The number of rotatable bonds is 7. The number of anilines is 2. The molecule has 1 aromatic heterocycles. The van der Waals surface area contributed by atoms with Gasteiger partial charge in [0.05, 0.1) is 22.3 Å². The Morgan fingerprint density at radius 3 is 2.43 bits per heavy atom. The fraction of sp³-hybridized carbons (Fsp3) is 0.400. The molecule has 8 nitrogen and oxygen atoms in total. The molecule has 2 aromatic rings. The van der Waals surface area contributed by atoms with Crippen LogP contribution in [0.4, 0.5) is 15.9 Å². The second-order valence-electron chi connectivity index (χ2n) is 6.87. The summed E-state index contributed by atoms with van der Waals surface area (Å²) >= 11 is 0. The van der Waals surface area contributed by atoms with Gasteiger partial charge >= 0.3 is 0 Å². The summed E-state index contributed by atoms with van der Waals surface area (Å²) < 4.78 is 40.9. The lowest BCUT2D eigenvalue weighted by Crippen LogP contribution is -2.45. The zero-order valence-corrected chi connectivity index (χ0v) is 17.9. The maximum atomic E-state index is 13.1. The molecule has 2 heterocycles. The van der Waals surface area contributed by atoms with E-state index in [0.717, 1.165) is 25.2 Å². The van der Waals surface area contributed by atoms with Crippen LogP contribution >= 0.6 is 0 Å². The van der Waals surface area contributed by atoms with Crippen molar-refractivity contribution in [2.24, 2.45) is 0 Å². The fourth-order valence-corrected chi connectivity index (χ4v) is 4.34. The van der Waals surface area contributed by atoms with E-state index in [0.29, 0.717) is 37.6 Å². The van der Waals surface area contributed by atoms with E-state index in [1.54, 1.807) is 4.90 Å². The number of aromatic nitrogens is 1. The highest BCUT2D eigenvalue weighted by atomic mass is 32.2. The van der Waals surface area contributed by atoms with E-state index < -0.39 is 15.8 Å². The third-order valence-electron chi connectivity index (χ3n) is 4.94. The molecule has 0 spiro atoms. The molecule has 30 heavy (non-hydrogen) atoms. The number of hydrogen-bond donors (Lipinski definition) is 2. The van der Waals surface area contributed by atoms with Gasteiger partial charge in [-0.25, -0.2) is 17.8 Å². The molecule has 0 saturated carbocycles. The van der Waals surface area contributed by atoms with Crippen LogP contribution in [0, 0.1) is 5.82 Å². The molecule has 0 unspecified atom stereocenters.